The minimum absolute atomic E-state index is 0.259. The molecule has 0 spiro atoms. The minimum atomic E-state index is -0.707. The van der Waals surface area contributed by atoms with Crippen molar-refractivity contribution in [2.24, 2.45) is 0 Å². The van der Waals surface area contributed by atoms with E-state index in [0.29, 0.717) is 50.0 Å². The molecule has 0 bridgehead atoms. The van der Waals surface area contributed by atoms with Crippen LogP contribution in [-0.4, -0.2) is 72.7 Å². The van der Waals surface area contributed by atoms with Crippen LogP contribution >= 0.6 is 0 Å². The van der Waals surface area contributed by atoms with Crippen molar-refractivity contribution in [1.29, 1.82) is 0 Å². The second kappa shape index (κ2) is 11.2. The molecule has 0 atom stereocenters. The Morgan fingerprint density at radius 3 is 2.27 bits per heavy atom. The third-order valence-electron chi connectivity index (χ3n) is 6.95. The van der Waals surface area contributed by atoms with Crippen LogP contribution in [-0.2, 0) is 20.8 Å². The van der Waals surface area contributed by atoms with E-state index in [2.05, 4.69) is 9.88 Å². The highest BCUT2D eigenvalue weighted by molar-refractivity contribution is 5.99. The molecule has 3 aliphatic heterocycles. The lowest BCUT2D eigenvalue weighted by Crippen LogP contribution is -2.39. The van der Waals surface area contributed by atoms with E-state index in [1.165, 1.54) is 4.90 Å². The SMILES string of the molecule is CC(C)(C)OC(=O)N1CC=C(c2ccc3c(c2)N(C(=O)OC(C)(C)C)c2nccc(N4CCOCC4)c2CO3)CC1. The predicted molar refractivity (Wildman–Crippen MR) is 157 cm³/mol. The number of carbonyl (C=O) groups excluding carboxylic acids is 2. The average molecular weight is 565 g/mol. The van der Waals surface area contributed by atoms with Crippen LogP contribution in [0.4, 0.5) is 26.8 Å². The lowest BCUT2D eigenvalue weighted by Gasteiger charge is -2.32. The summed E-state index contributed by atoms with van der Waals surface area (Å²) < 4.78 is 23.3. The van der Waals surface area contributed by atoms with E-state index in [4.69, 9.17) is 18.9 Å². The molecule has 4 heterocycles. The van der Waals surface area contributed by atoms with Gasteiger partial charge in [0.25, 0.3) is 0 Å². The zero-order valence-electron chi connectivity index (χ0n) is 24.9. The summed E-state index contributed by atoms with van der Waals surface area (Å²) in [5.41, 5.74) is 3.13. The number of ether oxygens (including phenoxy) is 4. The Hall–Kier alpha value is -3.79. The number of amides is 2. The van der Waals surface area contributed by atoms with Crippen molar-refractivity contribution in [1.82, 2.24) is 9.88 Å². The van der Waals surface area contributed by atoms with Crippen LogP contribution in [0.25, 0.3) is 5.57 Å². The predicted octanol–water partition coefficient (Wildman–Crippen LogP) is 5.91. The molecule has 0 aliphatic carbocycles. The molecule has 1 aromatic heterocycles. The fraction of sp³-hybridized carbons (Fsp3) is 0.516. The van der Waals surface area contributed by atoms with Gasteiger partial charge in [-0.1, -0.05) is 12.1 Å². The molecule has 3 aliphatic rings. The smallest absolute Gasteiger partial charge is 0.420 e. The molecule has 2 aromatic rings. The Bertz CT molecular complexity index is 1340. The van der Waals surface area contributed by atoms with Gasteiger partial charge in [-0.25, -0.2) is 19.5 Å². The summed E-state index contributed by atoms with van der Waals surface area (Å²) in [7, 11) is 0. The highest BCUT2D eigenvalue weighted by Gasteiger charge is 2.34. The Morgan fingerprint density at radius 2 is 1.61 bits per heavy atom. The Balaban J connectivity index is 1.51. The van der Waals surface area contributed by atoms with Crippen LogP contribution in [0.5, 0.6) is 5.75 Å². The number of pyridine rings is 1. The number of carbonyl (C=O) groups is 2. The van der Waals surface area contributed by atoms with Crippen molar-refractivity contribution in [2.45, 2.75) is 65.8 Å². The zero-order valence-corrected chi connectivity index (χ0v) is 24.9. The minimum Gasteiger partial charge on any atom is -0.486 e. The number of hydrogen-bond acceptors (Lipinski definition) is 8. The third kappa shape index (κ3) is 6.59. The van der Waals surface area contributed by atoms with Crippen LogP contribution in [0.2, 0.25) is 0 Å². The number of nitrogens with zero attached hydrogens (tertiary/aromatic N) is 4. The Morgan fingerprint density at radius 1 is 0.902 bits per heavy atom. The molecule has 2 amide bonds. The fourth-order valence-electron chi connectivity index (χ4n) is 5.10. The number of fused-ring (bicyclic) bond motifs is 2. The van der Waals surface area contributed by atoms with Gasteiger partial charge in [0, 0.05) is 38.1 Å². The van der Waals surface area contributed by atoms with E-state index in [1.54, 1.807) is 11.1 Å². The summed E-state index contributed by atoms with van der Waals surface area (Å²) in [4.78, 5) is 36.5. The quantitative estimate of drug-likeness (QED) is 0.445. The lowest BCUT2D eigenvalue weighted by atomic mass is 9.98. The normalized spacial score (nSPS) is 17.5. The van der Waals surface area contributed by atoms with Gasteiger partial charge in [0.15, 0.2) is 5.82 Å². The second-order valence-electron chi connectivity index (χ2n) is 12.4. The highest BCUT2D eigenvalue weighted by Crippen LogP contribution is 2.44. The average Bonchev–Trinajstić information content (AvgIpc) is 3.08. The molecule has 41 heavy (non-hydrogen) atoms. The Kier molecular flexibility index (Phi) is 7.87. The van der Waals surface area contributed by atoms with Gasteiger partial charge in [0.1, 0.15) is 23.6 Å². The molecular weight excluding hydrogens is 524 g/mol. The van der Waals surface area contributed by atoms with E-state index >= 15 is 0 Å². The number of hydrogen-bond donors (Lipinski definition) is 0. The van der Waals surface area contributed by atoms with Gasteiger partial charge in [-0.2, -0.15) is 0 Å². The molecule has 10 heteroatoms. The molecule has 1 saturated heterocycles. The summed E-state index contributed by atoms with van der Waals surface area (Å²) in [6, 6.07) is 7.80. The van der Waals surface area contributed by atoms with Crippen molar-refractivity contribution >= 4 is 35.0 Å². The van der Waals surface area contributed by atoms with Crippen molar-refractivity contribution in [3.8, 4) is 5.75 Å². The van der Waals surface area contributed by atoms with E-state index in [-0.39, 0.29) is 12.7 Å². The number of anilines is 3. The second-order valence-corrected chi connectivity index (χ2v) is 12.4. The van der Waals surface area contributed by atoms with Gasteiger partial charge in [0.2, 0.25) is 0 Å². The third-order valence-corrected chi connectivity index (χ3v) is 6.95. The maximum absolute atomic E-state index is 13.8. The van der Waals surface area contributed by atoms with Crippen molar-refractivity contribution in [3.63, 3.8) is 0 Å². The number of benzene rings is 1. The van der Waals surface area contributed by atoms with Gasteiger partial charge in [0.05, 0.1) is 24.5 Å². The standard InChI is InChI=1S/C31H40N4O6/c1-30(2,3)40-28(36)34-13-10-21(11-14-34)22-7-8-26-25(19-22)35(29(37)41-31(4,5)6)27-23(20-39-26)24(9-12-32-27)33-15-17-38-18-16-33/h7-10,12,19H,11,13-18,20H2,1-6H3. The summed E-state index contributed by atoms with van der Waals surface area (Å²) in [6.45, 7) is 15.1. The van der Waals surface area contributed by atoms with Crippen molar-refractivity contribution in [2.75, 3.05) is 49.2 Å². The van der Waals surface area contributed by atoms with Crippen LogP contribution in [0.15, 0.2) is 36.5 Å². The molecular formula is C31H40N4O6. The van der Waals surface area contributed by atoms with E-state index in [0.717, 1.165) is 35.5 Å². The first kappa shape index (κ1) is 28.7. The number of aromatic nitrogens is 1. The maximum atomic E-state index is 13.8. The molecule has 0 saturated carbocycles. The fourth-order valence-corrected chi connectivity index (χ4v) is 5.10. The topological polar surface area (TPSA) is 93.7 Å². The molecule has 10 nitrogen and oxygen atoms in total. The van der Waals surface area contributed by atoms with Crippen LogP contribution in [0, 0.1) is 0 Å². The Labute approximate surface area is 241 Å². The first-order chi connectivity index (χ1) is 19.4. The van der Waals surface area contributed by atoms with Crippen LogP contribution < -0.4 is 14.5 Å². The van der Waals surface area contributed by atoms with Gasteiger partial charge in [-0.05, 0) is 77.3 Å². The molecule has 1 aromatic carbocycles. The first-order valence-corrected chi connectivity index (χ1v) is 14.2. The van der Waals surface area contributed by atoms with Gasteiger partial charge in [-0.3, -0.25) is 0 Å². The zero-order chi connectivity index (χ0) is 29.4. The molecule has 0 radical (unpaired) electrons. The summed E-state index contributed by atoms with van der Waals surface area (Å²) in [5.74, 6) is 1.06. The van der Waals surface area contributed by atoms with E-state index in [9.17, 15) is 9.59 Å². The largest absolute Gasteiger partial charge is 0.486 e. The van der Waals surface area contributed by atoms with Crippen LogP contribution in [0.3, 0.4) is 0 Å². The number of rotatable bonds is 2. The summed E-state index contributed by atoms with van der Waals surface area (Å²) in [6.07, 6.45) is 3.57. The molecule has 5 rings (SSSR count). The monoisotopic (exact) mass is 564 g/mol. The van der Waals surface area contributed by atoms with Gasteiger partial charge in [-0.15, -0.1) is 0 Å². The molecule has 1 fully saturated rings. The van der Waals surface area contributed by atoms with E-state index < -0.39 is 17.3 Å². The first-order valence-electron chi connectivity index (χ1n) is 14.2. The van der Waals surface area contributed by atoms with Crippen LogP contribution in [0.1, 0.15) is 59.1 Å². The molecule has 0 N–H and O–H groups in total. The lowest BCUT2D eigenvalue weighted by molar-refractivity contribution is 0.0270. The maximum Gasteiger partial charge on any atom is 0.420 e. The molecule has 220 valence electrons. The summed E-state index contributed by atoms with van der Waals surface area (Å²) >= 11 is 0. The number of morpholine rings is 1. The summed E-state index contributed by atoms with van der Waals surface area (Å²) in [5, 5.41) is 0. The van der Waals surface area contributed by atoms with E-state index in [1.807, 2.05) is 71.9 Å². The molecule has 0 unspecified atom stereocenters. The van der Waals surface area contributed by atoms with Gasteiger partial charge < -0.3 is 28.7 Å². The van der Waals surface area contributed by atoms with Gasteiger partial charge >= 0.3 is 12.2 Å². The highest BCUT2D eigenvalue weighted by atomic mass is 16.6. The van der Waals surface area contributed by atoms with Crippen molar-refractivity contribution < 1.29 is 28.5 Å². The van der Waals surface area contributed by atoms with Crippen molar-refractivity contribution in [3.05, 3.63) is 47.7 Å².